The van der Waals surface area contributed by atoms with Gasteiger partial charge in [0.25, 0.3) is 0 Å². The third kappa shape index (κ3) is 418. The summed E-state index contributed by atoms with van der Waals surface area (Å²) >= 11 is 5.47. The summed E-state index contributed by atoms with van der Waals surface area (Å²) in [6.07, 6.45) is 3.28. The Kier molecular flexibility index (Phi) is 7.61. The van der Waals surface area contributed by atoms with Crippen molar-refractivity contribution >= 4 is 11.8 Å². The Morgan fingerprint density at radius 2 is 1.44 bits per heavy atom. The SMILES string of the molecule is CC=CN.C[N+](C)(C)Cl. The van der Waals surface area contributed by atoms with E-state index in [1.807, 2.05) is 28.1 Å². The summed E-state index contributed by atoms with van der Waals surface area (Å²) < 4.78 is 0.472. The van der Waals surface area contributed by atoms with E-state index in [0.29, 0.717) is 4.00 Å². The van der Waals surface area contributed by atoms with Crippen molar-refractivity contribution in [1.29, 1.82) is 0 Å². The van der Waals surface area contributed by atoms with Gasteiger partial charge in [0.05, 0.1) is 21.1 Å². The molecule has 0 aromatic rings. The van der Waals surface area contributed by atoms with Crippen LogP contribution in [-0.4, -0.2) is 25.1 Å². The third-order valence-electron chi connectivity index (χ3n) is 0.192. The molecule has 0 saturated carbocycles. The van der Waals surface area contributed by atoms with Crippen LogP contribution in [0.5, 0.6) is 0 Å². The van der Waals surface area contributed by atoms with E-state index in [1.165, 1.54) is 6.20 Å². The van der Waals surface area contributed by atoms with E-state index in [1.54, 1.807) is 6.08 Å². The van der Waals surface area contributed by atoms with Gasteiger partial charge in [-0.25, -0.2) is 4.00 Å². The summed E-state index contributed by atoms with van der Waals surface area (Å²) in [4.78, 5) is 0. The highest BCUT2D eigenvalue weighted by Gasteiger charge is 1.95. The van der Waals surface area contributed by atoms with E-state index in [9.17, 15) is 0 Å². The molecule has 0 aromatic heterocycles. The Bertz CT molecular complexity index is 63.6. The van der Waals surface area contributed by atoms with Crippen LogP contribution in [0.15, 0.2) is 12.3 Å². The van der Waals surface area contributed by atoms with Gasteiger partial charge in [-0.05, 0) is 13.1 Å². The molecule has 0 aromatic carbocycles. The predicted molar refractivity (Wildman–Crippen MR) is 42.9 cm³/mol. The molecule has 0 aliphatic carbocycles. The van der Waals surface area contributed by atoms with Crippen molar-refractivity contribution in [3.63, 3.8) is 0 Å². The van der Waals surface area contributed by atoms with Crippen LogP contribution in [0.3, 0.4) is 0 Å². The second-order valence-electron chi connectivity index (χ2n) is 2.37. The average Bonchev–Trinajstić information content (AvgIpc) is 1.61. The monoisotopic (exact) mass is 151 g/mol. The van der Waals surface area contributed by atoms with E-state index >= 15 is 0 Å². The molecular weight excluding hydrogens is 136 g/mol. The van der Waals surface area contributed by atoms with E-state index in [2.05, 4.69) is 0 Å². The Morgan fingerprint density at radius 3 is 1.44 bits per heavy atom. The molecule has 9 heavy (non-hydrogen) atoms. The maximum atomic E-state index is 5.47. The zero-order valence-electron chi connectivity index (χ0n) is 6.56. The molecule has 0 radical (unpaired) electrons. The molecule has 0 amide bonds. The van der Waals surface area contributed by atoms with Crippen LogP contribution in [0.2, 0.25) is 0 Å². The molecule has 56 valence electrons. The normalized spacial score (nSPS) is 10.8. The minimum absolute atomic E-state index is 0.472. The first-order valence-electron chi connectivity index (χ1n) is 2.75. The Hall–Kier alpha value is -0.210. The van der Waals surface area contributed by atoms with Gasteiger partial charge in [-0.2, -0.15) is 0 Å². The Balaban J connectivity index is 0. The van der Waals surface area contributed by atoms with Gasteiger partial charge in [0.2, 0.25) is 0 Å². The van der Waals surface area contributed by atoms with Crippen molar-refractivity contribution in [3.8, 4) is 0 Å². The zero-order chi connectivity index (χ0) is 7.91. The largest absolute Gasteiger partial charge is 0.405 e. The van der Waals surface area contributed by atoms with Crippen LogP contribution >= 0.6 is 11.8 Å². The van der Waals surface area contributed by atoms with Crippen LogP contribution < -0.4 is 5.73 Å². The summed E-state index contributed by atoms with van der Waals surface area (Å²) in [5.41, 5.74) is 4.85. The highest BCUT2D eigenvalue weighted by molar-refractivity contribution is 6.06. The quantitative estimate of drug-likeness (QED) is 0.520. The van der Waals surface area contributed by atoms with E-state index in [4.69, 9.17) is 17.5 Å². The summed E-state index contributed by atoms with van der Waals surface area (Å²) in [6, 6.07) is 0. The lowest BCUT2D eigenvalue weighted by atomic mass is 10.7. The molecule has 2 nitrogen and oxygen atoms in total. The number of allylic oxidation sites excluding steroid dienone is 1. The molecule has 2 N–H and O–H groups in total. The van der Waals surface area contributed by atoms with Gasteiger partial charge in [0, 0.05) is 0 Å². The maximum Gasteiger partial charge on any atom is 0.164 e. The van der Waals surface area contributed by atoms with Gasteiger partial charge in [-0.1, -0.05) is 6.08 Å². The van der Waals surface area contributed by atoms with Gasteiger partial charge in [0.15, 0.2) is 11.8 Å². The first-order chi connectivity index (χ1) is 3.91. The first-order valence-corrected chi connectivity index (χ1v) is 3.09. The fraction of sp³-hybridized carbons (Fsp3) is 0.667. The average molecular weight is 152 g/mol. The lowest BCUT2D eigenvalue weighted by Gasteiger charge is -2.07. The molecule has 0 fully saturated rings. The fourth-order valence-corrected chi connectivity index (χ4v) is 0. The number of hydrogen-bond acceptors (Lipinski definition) is 1. The third-order valence-corrected chi connectivity index (χ3v) is 0.192. The number of quaternary nitrogens is 1. The minimum Gasteiger partial charge on any atom is -0.405 e. The number of rotatable bonds is 0. The van der Waals surface area contributed by atoms with Crippen LogP contribution in [0.4, 0.5) is 0 Å². The van der Waals surface area contributed by atoms with Crippen LogP contribution in [-0.2, 0) is 0 Å². The molecule has 0 unspecified atom stereocenters. The van der Waals surface area contributed by atoms with Gasteiger partial charge in [-0.15, -0.1) is 0 Å². The summed E-state index contributed by atoms with van der Waals surface area (Å²) in [5.74, 6) is 0. The number of nitrogens with two attached hydrogens (primary N) is 1. The standard InChI is InChI=1S/C3H9ClN.C3H7N/c1-5(2,3)4;1-2-3-4/h1-3H3;2-3H,4H2,1H3/q+1;. The van der Waals surface area contributed by atoms with E-state index < -0.39 is 0 Å². The van der Waals surface area contributed by atoms with Crippen molar-refractivity contribution in [2.75, 3.05) is 21.1 Å². The molecule has 3 heteroatoms. The molecular formula is C6H16ClN2+. The van der Waals surface area contributed by atoms with Crippen LogP contribution in [0, 0.1) is 0 Å². The second kappa shape index (κ2) is 5.92. The van der Waals surface area contributed by atoms with Gasteiger partial charge in [0.1, 0.15) is 0 Å². The maximum absolute atomic E-state index is 5.47. The first kappa shape index (κ1) is 11.6. The molecule has 0 spiro atoms. The molecule has 0 saturated heterocycles. The minimum atomic E-state index is 0.472. The Labute approximate surface area is 62.6 Å². The Morgan fingerprint density at radius 1 is 1.33 bits per heavy atom. The van der Waals surface area contributed by atoms with Gasteiger partial charge in [-0.3, -0.25) is 0 Å². The van der Waals surface area contributed by atoms with E-state index in [0.717, 1.165) is 0 Å². The molecule has 0 rings (SSSR count). The van der Waals surface area contributed by atoms with Crippen molar-refractivity contribution in [1.82, 2.24) is 0 Å². The van der Waals surface area contributed by atoms with E-state index in [-0.39, 0.29) is 0 Å². The highest BCUT2D eigenvalue weighted by atomic mass is 35.5. The van der Waals surface area contributed by atoms with Crippen molar-refractivity contribution in [3.05, 3.63) is 12.3 Å². The summed E-state index contributed by atoms with van der Waals surface area (Å²) in [5, 5.41) is 0. The zero-order valence-corrected chi connectivity index (χ0v) is 7.31. The summed E-state index contributed by atoms with van der Waals surface area (Å²) in [6.45, 7) is 1.88. The number of nitrogens with zero attached hydrogens (tertiary/aromatic N) is 1. The van der Waals surface area contributed by atoms with Gasteiger partial charge < -0.3 is 5.73 Å². The lowest BCUT2D eigenvalue weighted by Crippen LogP contribution is -2.19. The molecule has 0 aliphatic heterocycles. The lowest BCUT2D eigenvalue weighted by molar-refractivity contribution is -0.747. The molecule has 0 bridgehead atoms. The summed E-state index contributed by atoms with van der Waals surface area (Å²) in [7, 11) is 5.67. The highest BCUT2D eigenvalue weighted by Crippen LogP contribution is 1.91. The van der Waals surface area contributed by atoms with Gasteiger partial charge >= 0.3 is 0 Å². The number of halogens is 1. The van der Waals surface area contributed by atoms with Crippen molar-refractivity contribution < 1.29 is 4.00 Å². The smallest absolute Gasteiger partial charge is 0.164 e. The fourth-order valence-electron chi connectivity index (χ4n) is 0. The molecule has 0 heterocycles. The predicted octanol–water partition coefficient (Wildman–Crippen LogP) is 1.33. The molecule has 0 aliphatic rings. The topological polar surface area (TPSA) is 26.0 Å². The van der Waals surface area contributed by atoms with Crippen molar-refractivity contribution in [2.45, 2.75) is 6.92 Å². The van der Waals surface area contributed by atoms with Crippen LogP contribution in [0.25, 0.3) is 0 Å². The van der Waals surface area contributed by atoms with Crippen LogP contribution in [0.1, 0.15) is 6.92 Å². The number of hydrogen-bond donors (Lipinski definition) is 1. The second-order valence-corrected chi connectivity index (χ2v) is 3.39. The van der Waals surface area contributed by atoms with Crippen molar-refractivity contribution in [2.24, 2.45) is 5.73 Å². The molecule has 0 atom stereocenters.